The molecule has 0 bridgehead atoms. The molecule has 1 aromatic heterocycles. The van der Waals surface area contributed by atoms with Crippen LogP contribution < -0.4 is 5.32 Å². The maximum atomic E-state index is 13.0. The summed E-state index contributed by atoms with van der Waals surface area (Å²) in [5.74, 6) is 0.266. The van der Waals surface area contributed by atoms with Crippen molar-refractivity contribution < 1.29 is 13.9 Å². The van der Waals surface area contributed by atoms with Crippen LogP contribution in [-0.4, -0.2) is 53.1 Å². The molecule has 126 valence electrons. The van der Waals surface area contributed by atoms with Gasteiger partial charge >= 0.3 is 0 Å². The Morgan fingerprint density at radius 2 is 2.17 bits per heavy atom. The van der Waals surface area contributed by atoms with E-state index in [4.69, 9.17) is 4.74 Å². The number of carbonyl (C=O) groups is 1. The van der Waals surface area contributed by atoms with Gasteiger partial charge in [-0.3, -0.25) is 4.79 Å². The molecular weight excluding hydrogens is 311 g/mol. The average Bonchev–Trinajstić information content (AvgIpc) is 2.61. The molecule has 1 aliphatic heterocycles. The van der Waals surface area contributed by atoms with E-state index in [-0.39, 0.29) is 24.3 Å². The minimum absolute atomic E-state index is 0.00717. The van der Waals surface area contributed by atoms with Gasteiger partial charge in [-0.15, -0.1) is 0 Å². The van der Waals surface area contributed by atoms with Gasteiger partial charge in [0.1, 0.15) is 18.0 Å². The minimum atomic E-state index is -0.295. The molecule has 3 rings (SSSR count). The first-order valence-corrected chi connectivity index (χ1v) is 7.82. The molecule has 0 unspecified atom stereocenters. The lowest BCUT2D eigenvalue weighted by Gasteiger charge is -2.33. The summed E-state index contributed by atoms with van der Waals surface area (Å²) in [6.07, 6.45) is 1.42. The number of morpholine rings is 1. The maximum absolute atomic E-state index is 13.0. The fourth-order valence-corrected chi connectivity index (χ4v) is 2.60. The Hall–Kier alpha value is -2.54. The van der Waals surface area contributed by atoms with E-state index in [1.165, 1.54) is 18.5 Å². The van der Waals surface area contributed by atoms with Gasteiger partial charge in [-0.25, -0.2) is 14.4 Å². The van der Waals surface area contributed by atoms with Gasteiger partial charge in [-0.1, -0.05) is 0 Å². The highest BCUT2D eigenvalue weighted by Gasteiger charge is 2.23. The molecule has 1 saturated heterocycles. The van der Waals surface area contributed by atoms with Crippen LogP contribution in [0, 0.1) is 5.82 Å². The summed E-state index contributed by atoms with van der Waals surface area (Å²) in [5, 5.41) is 3.03. The number of benzene rings is 1. The van der Waals surface area contributed by atoms with Crippen LogP contribution in [0.3, 0.4) is 0 Å². The summed E-state index contributed by atoms with van der Waals surface area (Å²) in [6.45, 7) is 3.86. The third kappa shape index (κ3) is 3.86. The Morgan fingerprint density at radius 1 is 1.38 bits per heavy atom. The lowest BCUT2D eigenvalue weighted by atomic mass is 10.1. The first-order valence-electron chi connectivity index (χ1n) is 7.82. The molecule has 0 spiro atoms. The van der Waals surface area contributed by atoms with Gasteiger partial charge in [-0.2, -0.15) is 0 Å². The molecule has 1 fully saturated rings. The molecule has 0 aliphatic carbocycles. The second-order valence-electron chi connectivity index (χ2n) is 5.66. The van der Waals surface area contributed by atoms with Crippen molar-refractivity contribution in [1.29, 1.82) is 0 Å². The number of rotatable bonds is 4. The van der Waals surface area contributed by atoms with Crippen LogP contribution in [0.5, 0.6) is 0 Å². The Morgan fingerprint density at radius 3 is 2.92 bits per heavy atom. The predicted octanol–water partition coefficient (Wildman–Crippen LogP) is 1.94. The zero-order valence-electron chi connectivity index (χ0n) is 13.4. The van der Waals surface area contributed by atoms with Gasteiger partial charge in [0.15, 0.2) is 0 Å². The molecule has 6 nitrogen and oxygen atoms in total. The van der Waals surface area contributed by atoms with E-state index < -0.39 is 0 Å². The number of nitrogens with one attached hydrogen (secondary N) is 1. The summed E-state index contributed by atoms with van der Waals surface area (Å²) < 4.78 is 18.3. The van der Waals surface area contributed by atoms with Crippen molar-refractivity contribution in [3.8, 4) is 11.3 Å². The summed E-state index contributed by atoms with van der Waals surface area (Å²) in [7, 11) is 0. The largest absolute Gasteiger partial charge is 0.377 e. The zero-order chi connectivity index (χ0) is 16.9. The van der Waals surface area contributed by atoms with E-state index in [1.54, 1.807) is 23.1 Å². The van der Waals surface area contributed by atoms with E-state index in [1.807, 2.05) is 6.92 Å². The lowest BCUT2D eigenvalue weighted by molar-refractivity contribution is -0.137. The van der Waals surface area contributed by atoms with Gasteiger partial charge in [0.05, 0.1) is 31.5 Å². The number of hydrogen-bond acceptors (Lipinski definition) is 5. The van der Waals surface area contributed by atoms with E-state index >= 15 is 0 Å². The number of carbonyl (C=O) groups excluding carboxylic acids is 1. The third-order valence-electron chi connectivity index (χ3n) is 3.92. The van der Waals surface area contributed by atoms with E-state index in [0.717, 1.165) is 5.56 Å². The molecule has 0 radical (unpaired) electrons. The van der Waals surface area contributed by atoms with Crippen molar-refractivity contribution in [2.45, 2.75) is 13.0 Å². The number of hydrogen-bond donors (Lipinski definition) is 1. The van der Waals surface area contributed by atoms with E-state index in [0.29, 0.717) is 31.3 Å². The molecule has 1 aliphatic rings. The minimum Gasteiger partial charge on any atom is -0.377 e. The van der Waals surface area contributed by atoms with Crippen molar-refractivity contribution in [2.75, 3.05) is 31.6 Å². The van der Waals surface area contributed by atoms with Gasteiger partial charge in [-0.05, 0) is 31.2 Å². The Labute approximate surface area is 139 Å². The van der Waals surface area contributed by atoms with E-state index in [9.17, 15) is 9.18 Å². The Balaban J connectivity index is 1.64. The molecule has 24 heavy (non-hydrogen) atoms. The van der Waals surface area contributed by atoms with Gasteiger partial charge in [0.2, 0.25) is 5.91 Å². The summed E-state index contributed by atoms with van der Waals surface area (Å²) in [4.78, 5) is 22.4. The molecule has 1 atom stereocenters. The Bertz CT molecular complexity index is 708. The average molecular weight is 330 g/mol. The molecule has 0 saturated carbocycles. The highest BCUT2D eigenvalue weighted by Crippen LogP contribution is 2.19. The van der Waals surface area contributed by atoms with E-state index in [2.05, 4.69) is 15.3 Å². The van der Waals surface area contributed by atoms with Gasteiger partial charge < -0.3 is 15.0 Å². The van der Waals surface area contributed by atoms with Crippen LogP contribution in [0.25, 0.3) is 11.3 Å². The molecule has 2 aromatic rings. The van der Waals surface area contributed by atoms with Gasteiger partial charge in [0, 0.05) is 18.2 Å². The first-order chi connectivity index (χ1) is 11.6. The monoisotopic (exact) mass is 330 g/mol. The fourth-order valence-electron chi connectivity index (χ4n) is 2.60. The third-order valence-corrected chi connectivity index (χ3v) is 3.92. The van der Waals surface area contributed by atoms with Crippen LogP contribution in [0.2, 0.25) is 0 Å². The predicted molar refractivity (Wildman–Crippen MR) is 87.9 cm³/mol. The van der Waals surface area contributed by atoms with Crippen molar-refractivity contribution in [2.24, 2.45) is 0 Å². The van der Waals surface area contributed by atoms with Crippen LogP contribution in [-0.2, 0) is 9.53 Å². The van der Waals surface area contributed by atoms with Gasteiger partial charge in [0.25, 0.3) is 0 Å². The fraction of sp³-hybridized carbons (Fsp3) is 0.353. The van der Waals surface area contributed by atoms with Crippen molar-refractivity contribution in [1.82, 2.24) is 14.9 Å². The highest BCUT2D eigenvalue weighted by molar-refractivity contribution is 5.81. The maximum Gasteiger partial charge on any atom is 0.242 e. The van der Waals surface area contributed by atoms with Crippen molar-refractivity contribution in [3.05, 3.63) is 42.5 Å². The van der Waals surface area contributed by atoms with Crippen molar-refractivity contribution >= 4 is 11.7 Å². The van der Waals surface area contributed by atoms with Crippen LogP contribution in [0.1, 0.15) is 6.92 Å². The second kappa shape index (κ2) is 7.35. The smallest absolute Gasteiger partial charge is 0.242 e. The number of anilines is 1. The van der Waals surface area contributed by atoms with Crippen LogP contribution in [0.4, 0.5) is 10.2 Å². The van der Waals surface area contributed by atoms with Crippen molar-refractivity contribution in [3.63, 3.8) is 0 Å². The van der Waals surface area contributed by atoms with Crippen LogP contribution in [0.15, 0.2) is 36.7 Å². The molecule has 1 amide bonds. The molecular formula is C17H19FN4O2. The summed E-state index contributed by atoms with van der Waals surface area (Å²) in [5.41, 5.74) is 1.45. The molecule has 1 aromatic carbocycles. The quantitative estimate of drug-likeness (QED) is 0.928. The number of aromatic nitrogens is 2. The topological polar surface area (TPSA) is 67.3 Å². The zero-order valence-corrected chi connectivity index (χ0v) is 13.4. The standard InChI is InChI=1S/C17H19FN4O2/c1-12-10-24-7-6-22(12)17(23)9-19-16-8-15(20-11-21-16)13-2-4-14(18)5-3-13/h2-5,8,11-12H,6-7,9-10H2,1H3,(H,19,20,21)/t12-/m0/s1. The highest BCUT2D eigenvalue weighted by atomic mass is 19.1. The summed E-state index contributed by atoms with van der Waals surface area (Å²) in [6, 6.07) is 7.89. The second-order valence-corrected chi connectivity index (χ2v) is 5.66. The SMILES string of the molecule is C[C@H]1COCCN1C(=O)CNc1cc(-c2ccc(F)cc2)ncn1. The molecule has 1 N–H and O–H groups in total. The number of amides is 1. The number of ether oxygens (including phenoxy) is 1. The number of nitrogens with zero attached hydrogens (tertiary/aromatic N) is 3. The number of halogens is 1. The lowest BCUT2D eigenvalue weighted by Crippen LogP contribution is -2.49. The summed E-state index contributed by atoms with van der Waals surface area (Å²) >= 11 is 0. The Kier molecular flexibility index (Phi) is 5.00. The first kappa shape index (κ1) is 16.3. The van der Waals surface area contributed by atoms with Crippen LogP contribution >= 0.6 is 0 Å². The normalized spacial score (nSPS) is 17.6. The molecule has 7 heteroatoms. The molecule has 2 heterocycles.